The molecule has 8 nitrogen and oxygen atoms in total. The van der Waals surface area contributed by atoms with Gasteiger partial charge < -0.3 is 26.0 Å². The Labute approximate surface area is 237 Å². The second-order valence-corrected chi connectivity index (χ2v) is 10.1. The number of carbonyl (C=O) groups excluding carboxylic acids is 1. The van der Waals surface area contributed by atoms with E-state index in [1.807, 2.05) is 97.1 Å². The van der Waals surface area contributed by atoms with Gasteiger partial charge in [0, 0.05) is 12.3 Å². The molecule has 4 aromatic rings. The SMILES string of the molecule is N[C@@H](Cc1ccc(-c2ccc(C[C@H](NC(=O)OCC3c4ccccc4-c4ccccc43)C(=O)O)cc2)cc1)C(=O)O. The molecular formula is C33H30N2O6. The van der Waals surface area contributed by atoms with E-state index in [1.54, 1.807) is 0 Å². The van der Waals surface area contributed by atoms with Gasteiger partial charge in [-0.1, -0.05) is 97.1 Å². The fraction of sp³-hybridized carbons (Fsp3) is 0.182. The van der Waals surface area contributed by atoms with E-state index in [4.69, 9.17) is 15.6 Å². The van der Waals surface area contributed by atoms with Crippen LogP contribution in [0.1, 0.15) is 28.2 Å². The highest BCUT2D eigenvalue weighted by Crippen LogP contribution is 2.44. The van der Waals surface area contributed by atoms with Crippen molar-refractivity contribution >= 4 is 18.0 Å². The van der Waals surface area contributed by atoms with Crippen LogP contribution in [0.2, 0.25) is 0 Å². The van der Waals surface area contributed by atoms with Gasteiger partial charge in [0.05, 0.1) is 0 Å². The minimum absolute atomic E-state index is 0.0891. The summed E-state index contributed by atoms with van der Waals surface area (Å²) in [5, 5.41) is 21.3. The lowest BCUT2D eigenvalue weighted by Gasteiger charge is -2.17. The molecule has 41 heavy (non-hydrogen) atoms. The van der Waals surface area contributed by atoms with Crippen molar-refractivity contribution in [2.75, 3.05) is 6.61 Å². The number of carbonyl (C=O) groups is 3. The molecule has 1 aliphatic rings. The molecule has 0 heterocycles. The van der Waals surface area contributed by atoms with Gasteiger partial charge in [0.2, 0.25) is 0 Å². The van der Waals surface area contributed by atoms with E-state index in [1.165, 1.54) is 0 Å². The van der Waals surface area contributed by atoms with Crippen molar-refractivity contribution in [2.24, 2.45) is 5.73 Å². The minimum Gasteiger partial charge on any atom is -0.480 e. The molecule has 0 saturated carbocycles. The zero-order chi connectivity index (χ0) is 28.9. The summed E-state index contributed by atoms with van der Waals surface area (Å²) in [6.07, 6.45) is -0.452. The van der Waals surface area contributed by atoms with Gasteiger partial charge in [-0.15, -0.1) is 0 Å². The fourth-order valence-corrected chi connectivity index (χ4v) is 5.23. The molecule has 1 amide bonds. The van der Waals surface area contributed by atoms with Crippen LogP contribution in [-0.2, 0) is 27.2 Å². The Morgan fingerprint density at radius 3 is 1.68 bits per heavy atom. The Bertz CT molecular complexity index is 1520. The van der Waals surface area contributed by atoms with Crippen LogP contribution in [0.3, 0.4) is 0 Å². The molecule has 8 heteroatoms. The normalized spacial score (nSPS) is 13.5. The average molecular weight is 551 g/mol. The molecule has 208 valence electrons. The summed E-state index contributed by atoms with van der Waals surface area (Å²) in [5.41, 5.74) is 13.4. The van der Waals surface area contributed by atoms with E-state index >= 15 is 0 Å². The van der Waals surface area contributed by atoms with Crippen LogP contribution in [0.15, 0.2) is 97.1 Å². The minimum atomic E-state index is -1.16. The molecule has 0 radical (unpaired) electrons. The number of nitrogens with two attached hydrogens (primary N) is 1. The molecule has 0 bridgehead atoms. The number of carboxylic acids is 2. The molecule has 4 aromatic carbocycles. The second-order valence-electron chi connectivity index (χ2n) is 10.1. The highest BCUT2D eigenvalue weighted by Gasteiger charge is 2.29. The van der Waals surface area contributed by atoms with E-state index in [-0.39, 0.29) is 25.4 Å². The lowest BCUT2D eigenvalue weighted by Crippen LogP contribution is -2.42. The number of aliphatic carboxylic acids is 2. The molecular weight excluding hydrogens is 520 g/mol. The van der Waals surface area contributed by atoms with Crippen molar-refractivity contribution in [1.29, 1.82) is 0 Å². The Balaban J connectivity index is 1.19. The molecule has 0 saturated heterocycles. The largest absolute Gasteiger partial charge is 0.480 e. The van der Waals surface area contributed by atoms with Crippen molar-refractivity contribution < 1.29 is 29.3 Å². The van der Waals surface area contributed by atoms with Crippen molar-refractivity contribution in [3.63, 3.8) is 0 Å². The maximum absolute atomic E-state index is 12.7. The number of benzene rings is 4. The van der Waals surface area contributed by atoms with Crippen molar-refractivity contribution in [1.82, 2.24) is 5.32 Å². The van der Waals surface area contributed by atoms with E-state index < -0.39 is 30.1 Å². The van der Waals surface area contributed by atoms with Crippen molar-refractivity contribution in [3.8, 4) is 22.3 Å². The number of fused-ring (bicyclic) bond motifs is 3. The standard InChI is InChI=1S/C33H30N2O6/c34-29(31(36)37)17-20-9-13-22(14-10-20)23-15-11-21(12-16-23)18-30(32(38)39)35-33(40)41-19-28-26-7-3-1-5-24(26)25-6-2-4-8-27(25)28/h1-16,28-30H,17-19,34H2,(H,35,40)(H,36,37)(H,38,39)/t29-,30-/m0/s1. The van der Waals surface area contributed by atoms with Gasteiger partial charge in [-0.3, -0.25) is 4.79 Å². The predicted molar refractivity (Wildman–Crippen MR) is 155 cm³/mol. The first-order valence-corrected chi connectivity index (χ1v) is 13.3. The third kappa shape index (κ3) is 6.28. The number of nitrogens with one attached hydrogen (secondary N) is 1. The van der Waals surface area contributed by atoms with Crippen LogP contribution in [0.25, 0.3) is 22.3 Å². The lowest BCUT2D eigenvalue weighted by molar-refractivity contribution is -0.139. The second kappa shape index (κ2) is 12.1. The number of alkyl carbamates (subject to hydrolysis) is 1. The van der Waals surface area contributed by atoms with Gasteiger partial charge in [0.25, 0.3) is 0 Å². The number of rotatable bonds is 10. The smallest absolute Gasteiger partial charge is 0.407 e. The molecule has 5 N–H and O–H groups in total. The first-order chi connectivity index (χ1) is 19.8. The van der Waals surface area contributed by atoms with Crippen LogP contribution < -0.4 is 11.1 Å². The van der Waals surface area contributed by atoms with E-state index in [2.05, 4.69) is 5.32 Å². The van der Waals surface area contributed by atoms with Gasteiger partial charge in [0.15, 0.2) is 0 Å². The summed E-state index contributed by atoms with van der Waals surface area (Å²) in [6, 6.07) is 28.7. The maximum Gasteiger partial charge on any atom is 0.407 e. The van der Waals surface area contributed by atoms with E-state index in [0.29, 0.717) is 0 Å². The summed E-state index contributed by atoms with van der Waals surface area (Å²) in [6.45, 7) is 0.0991. The van der Waals surface area contributed by atoms with Gasteiger partial charge in [-0.2, -0.15) is 0 Å². The molecule has 0 fully saturated rings. The van der Waals surface area contributed by atoms with Gasteiger partial charge >= 0.3 is 18.0 Å². The summed E-state index contributed by atoms with van der Waals surface area (Å²) >= 11 is 0. The Kier molecular flexibility index (Phi) is 8.12. The summed E-state index contributed by atoms with van der Waals surface area (Å²) < 4.78 is 5.53. The van der Waals surface area contributed by atoms with Crippen molar-refractivity contribution in [3.05, 3.63) is 119 Å². The molecule has 0 aliphatic heterocycles. The third-order valence-electron chi connectivity index (χ3n) is 7.39. The highest BCUT2D eigenvalue weighted by atomic mass is 16.5. The van der Waals surface area contributed by atoms with Gasteiger partial charge in [-0.05, 0) is 50.9 Å². The zero-order valence-electron chi connectivity index (χ0n) is 22.2. The quantitative estimate of drug-likeness (QED) is 0.222. The zero-order valence-corrected chi connectivity index (χ0v) is 22.2. The Morgan fingerprint density at radius 2 is 1.20 bits per heavy atom. The third-order valence-corrected chi connectivity index (χ3v) is 7.39. The summed E-state index contributed by atoms with van der Waals surface area (Å²) in [5.74, 6) is -2.32. The summed E-state index contributed by atoms with van der Waals surface area (Å²) in [7, 11) is 0. The average Bonchev–Trinajstić information content (AvgIpc) is 3.30. The number of carboxylic acid groups (broad SMARTS) is 2. The van der Waals surface area contributed by atoms with E-state index in [9.17, 15) is 19.5 Å². The summed E-state index contributed by atoms with van der Waals surface area (Å²) in [4.78, 5) is 35.6. The monoisotopic (exact) mass is 550 g/mol. The molecule has 0 aromatic heterocycles. The predicted octanol–water partition coefficient (Wildman–Crippen LogP) is 4.84. The Hall–Kier alpha value is -4.95. The maximum atomic E-state index is 12.7. The molecule has 2 atom stereocenters. The first kappa shape index (κ1) is 27.6. The van der Waals surface area contributed by atoms with E-state index in [0.717, 1.165) is 44.5 Å². The molecule has 1 aliphatic carbocycles. The van der Waals surface area contributed by atoms with Gasteiger partial charge in [0.1, 0.15) is 18.7 Å². The number of ether oxygens (including phenoxy) is 1. The topological polar surface area (TPSA) is 139 Å². The van der Waals surface area contributed by atoms with Crippen LogP contribution in [0, 0.1) is 0 Å². The fourth-order valence-electron chi connectivity index (χ4n) is 5.23. The number of hydrogen-bond donors (Lipinski definition) is 4. The molecule has 0 unspecified atom stereocenters. The molecule has 0 spiro atoms. The number of hydrogen-bond acceptors (Lipinski definition) is 5. The first-order valence-electron chi connectivity index (χ1n) is 13.3. The number of amides is 1. The molecule has 5 rings (SSSR count). The lowest BCUT2D eigenvalue weighted by atomic mass is 9.98. The van der Waals surface area contributed by atoms with Crippen LogP contribution in [-0.4, -0.2) is 46.9 Å². The highest BCUT2D eigenvalue weighted by molar-refractivity contribution is 5.81. The Morgan fingerprint density at radius 1 is 0.707 bits per heavy atom. The van der Waals surface area contributed by atoms with Crippen LogP contribution >= 0.6 is 0 Å². The van der Waals surface area contributed by atoms with Gasteiger partial charge in [-0.25, -0.2) is 9.59 Å². The van der Waals surface area contributed by atoms with Crippen molar-refractivity contribution in [2.45, 2.75) is 30.8 Å². The van der Waals surface area contributed by atoms with Crippen LogP contribution in [0.5, 0.6) is 0 Å². The van der Waals surface area contributed by atoms with Crippen LogP contribution in [0.4, 0.5) is 4.79 Å².